The SMILES string of the molecule is Cc1cc(-c2cccc(C(F)(F)F)c2)c(C(=O)Nc2cccnc2)nc1C(=O)N1CCC(N2CCCC2)CC1. The summed E-state index contributed by atoms with van der Waals surface area (Å²) >= 11 is 0. The number of nitrogens with one attached hydrogen (secondary N) is 1. The van der Waals surface area contributed by atoms with Crippen LogP contribution < -0.4 is 5.32 Å². The quantitative estimate of drug-likeness (QED) is 0.470. The van der Waals surface area contributed by atoms with E-state index >= 15 is 0 Å². The molecular weight excluding hydrogens is 507 g/mol. The molecule has 10 heteroatoms. The van der Waals surface area contributed by atoms with Crippen molar-refractivity contribution < 1.29 is 22.8 Å². The fourth-order valence-corrected chi connectivity index (χ4v) is 5.40. The molecule has 3 aromatic rings. The van der Waals surface area contributed by atoms with Crippen molar-refractivity contribution >= 4 is 17.5 Å². The second-order valence-corrected chi connectivity index (χ2v) is 10.1. The van der Waals surface area contributed by atoms with E-state index < -0.39 is 17.6 Å². The molecule has 2 fully saturated rings. The molecule has 2 saturated heterocycles. The molecule has 5 rings (SSSR count). The lowest BCUT2D eigenvalue weighted by molar-refractivity contribution is -0.137. The third-order valence-electron chi connectivity index (χ3n) is 7.46. The number of amides is 2. The summed E-state index contributed by atoms with van der Waals surface area (Å²) in [6.45, 7) is 5.08. The Morgan fingerprint density at radius 3 is 2.38 bits per heavy atom. The van der Waals surface area contributed by atoms with Crippen LogP contribution in [0.2, 0.25) is 0 Å². The van der Waals surface area contributed by atoms with Gasteiger partial charge in [-0.1, -0.05) is 12.1 Å². The highest BCUT2D eigenvalue weighted by atomic mass is 19.4. The van der Waals surface area contributed by atoms with Gasteiger partial charge in [0.1, 0.15) is 11.4 Å². The molecule has 4 heterocycles. The molecule has 0 saturated carbocycles. The predicted molar refractivity (Wildman–Crippen MR) is 141 cm³/mol. The van der Waals surface area contributed by atoms with Gasteiger partial charge in [-0.05, 0) is 87.2 Å². The number of piperidine rings is 1. The Balaban J connectivity index is 1.47. The molecule has 0 radical (unpaired) electrons. The minimum Gasteiger partial charge on any atom is -0.337 e. The molecule has 0 spiro atoms. The molecule has 2 aromatic heterocycles. The summed E-state index contributed by atoms with van der Waals surface area (Å²) in [5.41, 5.74) is 0.452. The number of carbonyl (C=O) groups excluding carboxylic acids is 2. The van der Waals surface area contributed by atoms with Gasteiger partial charge in [0.05, 0.1) is 17.4 Å². The first-order chi connectivity index (χ1) is 18.7. The number of hydrogen-bond acceptors (Lipinski definition) is 5. The maximum Gasteiger partial charge on any atom is 0.416 e. The molecule has 2 aliphatic rings. The van der Waals surface area contributed by atoms with Gasteiger partial charge in [-0.3, -0.25) is 14.6 Å². The number of anilines is 1. The number of carbonyl (C=O) groups is 2. The zero-order chi connectivity index (χ0) is 27.6. The molecule has 204 valence electrons. The number of rotatable bonds is 5. The first kappa shape index (κ1) is 26.8. The maximum atomic E-state index is 13.6. The first-order valence-electron chi connectivity index (χ1n) is 13.1. The van der Waals surface area contributed by atoms with E-state index in [-0.39, 0.29) is 28.4 Å². The third-order valence-corrected chi connectivity index (χ3v) is 7.46. The predicted octanol–water partition coefficient (Wildman–Crippen LogP) is 5.42. The Labute approximate surface area is 225 Å². The van der Waals surface area contributed by atoms with E-state index in [4.69, 9.17) is 0 Å². The van der Waals surface area contributed by atoms with Crippen LogP contribution in [0.5, 0.6) is 0 Å². The Morgan fingerprint density at radius 1 is 0.974 bits per heavy atom. The lowest BCUT2D eigenvalue weighted by atomic mass is 9.97. The van der Waals surface area contributed by atoms with Crippen LogP contribution in [0.15, 0.2) is 54.9 Å². The number of nitrogens with zero attached hydrogens (tertiary/aromatic N) is 4. The fourth-order valence-electron chi connectivity index (χ4n) is 5.40. The van der Waals surface area contributed by atoms with E-state index in [1.54, 1.807) is 36.2 Å². The van der Waals surface area contributed by atoms with Crippen molar-refractivity contribution in [2.24, 2.45) is 0 Å². The van der Waals surface area contributed by atoms with Crippen molar-refractivity contribution in [1.29, 1.82) is 0 Å². The van der Waals surface area contributed by atoms with E-state index in [1.807, 2.05) is 0 Å². The van der Waals surface area contributed by atoms with E-state index in [0.717, 1.165) is 38.1 Å². The second kappa shape index (κ2) is 11.1. The molecule has 2 amide bonds. The average molecular weight is 538 g/mol. The Kier molecular flexibility index (Phi) is 7.65. The monoisotopic (exact) mass is 537 g/mol. The number of benzene rings is 1. The van der Waals surface area contributed by atoms with Crippen LogP contribution in [0.4, 0.5) is 18.9 Å². The van der Waals surface area contributed by atoms with Gasteiger partial charge in [-0.2, -0.15) is 13.2 Å². The smallest absolute Gasteiger partial charge is 0.337 e. The molecule has 0 aliphatic carbocycles. The number of pyridine rings is 2. The van der Waals surface area contributed by atoms with E-state index in [2.05, 4.69) is 20.2 Å². The number of aryl methyl sites for hydroxylation is 1. The van der Waals surface area contributed by atoms with Crippen LogP contribution in [0, 0.1) is 6.92 Å². The molecule has 0 atom stereocenters. The van der Waals surface area contributed by atoms with Gasteiger partial charge in [0, 0.05) is 30.9 Å². The number of aromatic nitrogens is 2. The van der Waals surface area contributed by atoms with Crippen LogP contribution in [0.1, 0.15) is 57.8 Å². The molecular formula is C29H30F3N5O2. The highest BCUT2D eigenvalue weighted by Crippen LogP contribution is 2.34. The average Bonchev–Trinajstić information content (AvgIpc) is 3.48. The van der Waals surface area contributed by atoms with Crippen molar-refractivity contribution in [3.63, 3.8) is 0 Å². The molecule has 0 bridgehead atoms. The van der Waals surface area contributed by atoms with Gasteiger partial charge in [0.15, 0.2) is 0 Å². The third kappa shape index (κ3) is 5.95. The van der Waals surface area contributed by atoms with Crippen molar-refractivity contribution in [3.8, 4) is 11.1 Å². The van der Waals surface area contributed by atoms with Crippen LogP contribution in [-0.4, -0.2) is 63.8 Å². The van der Waals surface area contributed by atoms with Crippen molar-refractivity contribution in [2.75, 3.05) is 31.5 Å². The highest BCUT2D eigenvalue weighted by molar-refractivity contribution is 6.08. The van der Waals surface area contributed by atoms with Gasteiger partial charge in [0.2, 0.25) is 0 Å². The Bertz CT molecular complexity index is 1350. The Hall–Kier alpha value is -3.79. The van der Waals surface area contributed by atoms with Gasteiger partial charge < -0.3 is 15.1 Å². The van der Waals surface area contributed by atoms with Gasteiger partial charge in [-0.25, -0.2) is 4.98 Å². The van der Waals surface area contributed by atoms with Gasteiger partial charge in [-0.15, -0.1) is 0 Å². The van der Waals surface area contributed by atoms with E-state index in [9.17, 15) is 22.8 Å². The van der Waals surface area contributed by atoms with Gasteiger partial charge in [0.25, 0.3) is 11.8 Å². The minimum atomic E-state index is -4.55. The van der Waals surface area contributed by atoms with Crippen LogP contribution >= 0.6 is 0 Å². The normalized spacial score (nSPS) is 16.9. The first-order valence-corrected chi connectivity index (χ1v) is 13.1. The molecule has 1 N–H and O–H groups in total. The maximum absolute atomic E-state index is 13.6. The Morgan fingerprint density at radius 2 is 1.72 bits per heavy atom. The fraction of sp³-hybridized carbons (Fsp3) is 0.379. The molecule has 1 aromatic carbocycles. The van der Waals surface area contributed by atoms with E-state index in [1.165, 1.54) is 31.2 Å². The summed E-state index contributed by atoms with van der Waals surface area (Å²) in [5, 5.41) is 2.70. The van der Waals surface area contributed by atoms with Crippen molar-refractivity contribution in [3.05, 3.63) is 77.4 Å². The summed E-state index contributed by atoms with van der Waals surface area (Å²) in [6, 6.07) is 10.1. The van der Waals surface area contributed by atoms with Crippen molar-refractivity contribution in [1.82, 2.24) is 19.8 Å². The highest BCUT2D eigenvalue weighted by Gasteiger charge is 2.32. The summed E-state index contributed by atoms with van der Waals surface area (Å²) in [5.74, 6) is -0.921. The largest absolute Gasteiger partial charge is 0.416 e. The standard InChI is InChI=1S/C29H30F3N5O2/c1-19-16-24(20-6-4-7-21(17-20)29(30,31)32)26(27(38)34-22-8-5-11-33-18-22)35-25(19)28(39)37-14-9-23(10-15-37)36-12-2-3-13-36/h4-8,11,16-18,23H,2-3,9-10,12-15H2,1H3,(H,34,38). The summed E-state index contributed by atoms with van der Waals surface area (Å²) < 4.78 is 40.4. The molecule has 2 aliphatic heterocycles. The van der Waals surface area contributed by atoms with Gasteiger partial charge >= 0.3 is 6.18 Å². The lowest BCUT2D eigenvalue weighted by Gasteiger charge is -2.36. The van der Waals surface area contributed by atoms with Crippen LogP contribution in [-0.2, 0) is 6.18 Å². The number of alkyl halides is 3. The summed E-state index contributed by atoms with van der Waals surface area (Å²) in [6.07, 6.45) is 2.63. The topological polar surface area (TPSA) is 78.4 Å². The zero-order valence-corrected chi connectivity index (χ0v) is 21.7. The number of likely N-dealkylation sites (tertiary alicyclic amines) is 2. The summed E-state index contributed by atoms with van der Waals surface area (Å²) in [4.78, 5) is 39.7. The second-order valence-electron chi connectivity index (χ2n) is 10.1. The lowest BCUT2D eigenvalue weighted by Crippen LogP contribution is -2.46. The van der Waals surface area contributed by atoms with E-state index in [0.29, 0.717) is 30.4 Å². The zero-order valence-electron chi connectivity index (χ0n) is 21.7. The molecule has 39 heavy (non-hydrogen) atoms. The number of halogens is 3. The number of hydrogen-bond donors (Lipinski definition) is 1. The minimum absolute atomic E-state index is 0.126. The molecule has 0 unspecified atom stereocenters. The van der Waals surface area contributed by atoms with Crippen molar-refractivity contribution in [2.45, 2.75) is 44.8 Å². The molecule has 7 nitrogen and oxygen atoms in total. The van der Waals surface area contributed by atoms with Crippen LogP contribution in [0.25, 0.3) is 11.1 Å². The van der Waals surface area contributed by atoms with Crippen LogP contribution in [0.3, 0.4) is 0 Å². The summed E-state index contributed by atoms with van der Waals surface area (Å²) in [7, 11) is 0.